The zero-order valence-electron chi connectivity index (χ0n) is 15.2. The zero-order chi connectivity index (χ0) is 19.4. The lowest BCUT2D eigenvalue weighted by atomic mass is 10.1. The van der Waals surface area contributed by atoms with Gasteiger partial charge in [-0.1, -0.05) is 41.9 Å². The number of benzene rings is 2. The third kappa shape index (κ3) is 4.17. The minimum Gasteiger partial charge on any atom is -0.495 e. The summed E-state index contributed by atoms with van der Waals surface area (Å²) in [7, 11) is 3.01. The predicted octanol–water partition coefficient (Wildman–Crippen LogP) is 3.03. The number of nitrogens with one attached hydrogen (secondary N) is 1. The number of nitrogens with zero attached hydrogens (tertiary/aromatic N) is 1. The van der Waals surface area contributed by atoms with Gasteiger partial charge in [-0.05, 0) is 5.56 Å². The Balaban J connectivity index is 1.73. The Labute approximate surface area is 163 Å². The number of methoxy groups -OCH3 is 2. The fourth-order valence-corrected chi connectivity index (χ4v) is 3.33. The number of rotatable bonds is 6. The highest BCUT2D eigenvalue weighted by Crippen LogP contribution is 2.40. The lowest BCUT2D eigenvalue weighted by Crippen LogP contribution is -2.32. The molecule has 1 unspecified atom stereocenters. The first-order valence-corrected chi connectivity index (χ1v) is 8.94. The third-order valence-corrected chi connectivity index (χ3v) is 4.84. The van der Waals surface area contributed by atoms with Crippen molar-refractivity contribution in [1.29, 1.82) is 0 Å². The summed E-state index contributed by atoms with van der Waals surface area (Å²) < 4.78 is 10.6. The lowest BCUT2D eigenvalue weighted by Gasteiger charge is -2.21. The number of hydrogen-bond donors (Lipinski definition) is 1. The standard InChI is InChI=1S/C20H21ClN2O4/c1-26-17-10-16(18(27-2)9-15(17)21)23-12-14(8-19(23)24)20(25)22-11-13-6-4-3-5-7-13/h3-7,9-10,14H,8,11-12H2,1-2H3,(H,22,25). The first-order chi connectivity index (χ1) is 13.0. The van der Waals surface area contributed by atoms with Gasteiger partial charge in [0.15, 0.2) is 0 Å². The Morgan fingerprint density at radius 3 is 2.56 bits per heavy atom. The van der Waals surface area contributed by atoms with Gasteiger partial charge in [0.05, 0.1) is 30.8 Å². The number of hydrogen-bond acceptors (Lipinski definition) is 4. The lowest BCUT2D eigenvalue weighted by molar-refractivity contribution is -0.126. The average Bonchev–Trinajstić information content (AvgIpc) is 3.08. The topological polar surface area (TPSA) is 67.9 Å². The van der Waals surface area contributed by atoms with Gasteiger partial charge in [-0.3, -0.25) is 9.59 Å². The van der Waals surface area contributed by atoms with Crippen LogP contribution in [0.25, 0.3) is 0 Å². The van der Waals surface area contributed by atoms with E-state index in [-0.39, 0.29) is 24.8 Å². The molecular formula is C20H21ClN2O4. The van der Waals surface area contributed by atoms with Crippen LogP contribution in [0.4, 0.5) is 5.69 Å². The fourth-order valence-electron chi connectivity index (χ4n) is 3.10. The van der Waals surface area contributed by atoms with Gasteiger partial charge in [0.2, 0.25) is 11.8 Å². The van der Waals surface area contributed by atoms with Crippen molar-refractivity contribution < 1.29 is 19.1 Å². The summed E-state index contributed by atoms with van der Waals surface area (Å²) in [5, 5.41) is 3.29. The molecule has 2 aromatic rings. The molecule has 0 aromatic heterocycles. The summed E-state index contributed by atoms with van der Waals surface area (Å²) in [6, 6.07) is 12.9. The number of ether oxygens (including phenoxy) is 2. The molecule has 142 valence electrons. The quantitative estimate of drug-likeness (QED) is 0.826. The highest BCUT2D eigenvalue weighted by molar-refractivity contribution is 6.32. The summed E-state index contributed by atoms with van der Waals surface area (Å²) in [5.74, 6) is 0.191. The Bertz CT molecular complexity index is 841. The van der Waals surface area contributed by atoms with Gasteiger partial charge in [-0.15, -0.1) is 0 Å². The van der Waals surface area contributed by atoms with Gasteiger partial charge in [0.1, 0.15) is 11.5 Å². The smallest absolute Gasteiger partial charge is 0.227 e. The van der Waals surface area contributed by atoms with Gasteiger partial charge in [0, 0.05) is 31.6 Å². The predicted molar refractivity (Wildman–Crippen MR) is 103 cm³/mol. The van der Waals surface area contributed by atoms with Crippen LogP contribution >= 0.6 is 11.6 Å². The molecule has 27 heavy (non-hydrogen) atoms. The van der Waals surface area contributed by atoms with E-state index in [4.69, 9.17) is 21.1 Å². The monoisotopic (exact) mass is 388 g/mol. The number of anilines is 1. The zero-order valence-corrected chi connectivity index (χ0v) is 16.0. The van der Waals surface area contributed by atoms with E-state index in [0.29, 0.717) is 28.8 Å². The molecule has 2 aromatic carbocycles. The molecule has 1 fully saturated rings. The number of carbonyl (C=O) groups excluding carboxylic acids is 2. The largest absolute Gasteiger partial charge is 0.495 e. The first kappa shape index (κ1) is 19.0. The van der Waals surface area contributed by atoms with E-state index in [1.165, 1.54) is 14.2 Å². The molecule has 1 atom stereocenters. The maximum Gasteiger partial charge on any atom is 0.227 e. The molecule has 1 aliphatic heterocycles. The molecule has 2 amide bonds. The van der Waals surface area contributed by atoms with Gasteiger partial charge in [-0.2, -0.15) is 0 Å². The van der Waals surface area contributed by atoms with Gasteiger partial charge in [0.25, 0.3) is 0 Å². The third-order valence-electron chi connectivity index (χ3n) is 4.55. The van der Waals surface area contributed by atoms with E-state index in [9.17, 15) is 9.59 Å². The van der Waals surface area contributed by atoms with Crippen LogP contribution in [0.15, 0.2) is 42.5 Å². The molecule has 3 rings (SSSR count). The van der Waals surface area contributed by atoms with Crippen molar-refractivity contribution in [3.8, 4) is 11.5 Å². The van der Waals surface area contributed by atoms with Crippen LogP contribution < -0.4 is 19.7 Å². The van der Waals surface area contributed by atoms with E-state index >= 15 is 0 Å². The molecule has 0 saturated carbocycles. The van der Waals surface area contributed by atoms with Crippen LogP contribution in [0, 0.1) is 5.92 Å². The minimum absolute atomic E-state index is 0.141. The van der Waals surface area contributed by atoms with Crippen LogP contribution in [0.5, 0.6) is 11.5 Å². The molecular weight excluding hydrogens is 368 g/mol. The Morgan fingerprint density at radius 2 is 1.89 bits per heavy atom. The second kappa shape index (κ2) is 8.31. The second-order valence-electron chi connectivity index (χ2n) is 6.27. The fraction of sp³-hybridized carbons (Fsp3) is 0.300. The number of carbonyl (C=O) groups is 2. The van der Waals surface area contributed by atoms with Crippen molar-refractivity contribution in [2.45, 2.75) is 13.0 Å². The average molecular weight is 389 g/mol. The maximum absolute atomic E-state index is 12.5. The van der Waals surface area contributed by atoms with Crippen LogP contribution in [0.3, 0.4) is 0 Å². The molecule has 1 aliphatic rings. The molecule has 6 nitrogen and oxygen atoms in total. The molecule has 0 aliphatic carbocycles. The minimum atomic E-state index is -0.424. The Hall–Kier alpha value is -2.73. The Kier molecular flexibility index (Phi) is 5.86. The van der Waals surface area contributed by atoms with Crippen molar-refractivity contribution in [2.75, 3.05) is 25.7 Å². The van der Waals surface area contributed by atoms with Gasteiger partial charge in [-0.25, -0.2) is 0 Å². The van der Waals surface area contributed by atoms with Crippen molar-refractivity contribution in [2.24, 2.45) is 5.92 Å². The summed E-state index contributed by atoms with van der Waals surface area (Å²) in [6.07, 6.45) is 0.148. The Morgan fingerprint density at radius 1 is 1.19 bits per heavy atom. The SMILES string of the molecule is COc1cc(N2CC(C(=O)NCc3ccccc3)CC2=O)c(OC)cc1Cl. The van der Waals surface area contributed by atoms with Crippen LogP contribution in [-0.2, 0) is 16.1 Å². The number of halogens is 1. The summed E-state index contributed by atoms with van der Waals surface area (Å²) in [6.45, 7) is 0.711. The highest BCUT2D eigenvalue weighted by atomic mass is 35.5. The van der Waals surface area contributed by atoms with Crippen molar-refractivity contribution in [3.05, 3.63) is 53.1 Å². The normalized spacial score (nSPS) is 16.3. The van der Waals surface area contributed by atoms with Gasteiger partial charge < -0.3 is 19.7 Å². The maximum atomic E-state index is 12.5. The van der Waals surface area contributed by atoms with E-state index in [2.05, 4.69) is 5.32 Å². The van der Waals surface area contributed by atoms with Crippen LogP contribution in [-0.4, -0.2) is 32.6 Å². The molecule has 7 heteroatoms. The van der Waals surface area contributed by atoms with E-state index in [1.54, 1.807) is 17.0 Å². The molecule has 0 bridgehead atoms. The molecule has 0 spiro atoms. The van der Waals surface area contributed by atoms with Gasteiger partial charge >= 0.3 is 0 Å². The van der Waals surface area contributed by atoms with Crippen LogP contribution in [0.1, 0.15) is 12.0 Å². The van der Waals surface area contributed by atoms with Crippen molar-refractivity contribution in [1.82, 2.24) is 5.32 Å². The summed E-state index contributed by atoms with van der Waals surface area (Å²) in [5.41, 5.74) is 1.55. The summed E-state index contributed by atoms with van der Waals surface area (Å²) in [4.78, 5) is 26.6. The van der Waals surface area contributed by atoms with E-state index in [1.807, 2.05) is 30.3 Å². The van der Waals surface area contributed by atoms with Crippen molar-refractivity contribution in [3.63, 3.8) is 0 Å². The molecule has 1 N–H and O–H groups in total. The highest BCUT2D eigenvalue weighted by Gasteiger charge is 2.36. The number of amides is 2. The molecule has 0 radical (unpaired) electrons. The molecule has 1 saturated heterocycles. The van der Waals surface area contributed by atoms with E-state index in [0.717, 1.165) is 5.56 Å². The summed E-state index contributed by atoms with van der Waals surface area (Å²) >= 11 is 6.13. The van der Waals surface area contributed by atoms with Crippen LogP contribution in [0.2, 0.25) is 5.02 Å². The molecule has 1 heterocycles. The second-order valence-corrected chi connectivity index (χ2v) is 6.67. The first-order valence-electron chi connectivity index (χ1n) is 8.57. The van der Waals surface area contributed by atoms with E-state index < -0.39 is 5.92 Å². The van der Waals surface area contributed by atoms with Crippen molar-refractivity contribution >= 4 is 29.1 Å².